The van der Waals surface area contributed by atoms with E-state index in [0.717, 1.165) is 31.3 Å². The molecule has 0 radical (unpaired) electrons. The molecule has 1 atom stereocenters. The maximum atomic E-state index is 5.80. The Hall–Kier alpha value is 0.430. The molecule has 0 spiro atoms. The van der Waals surface area contributed by atoms with Crippen LogP contribution in [0, 0.1) is 5.92 Å². The van der Waals surface area contributed by atoms with Gasteiger partial charge in [-0.05, 0) is 52.7 Å². The molecule has 0 aliphatic carbocycles. The first kappa shape index (κ1) is 14.5. The van der Waals surface area contributed by atoms with Gasteiger partial charge >= 0.3 is 0 Å². The molecular weight excluding hydrogens is 306 g/mol. The molecule has 1 unspecified atom stereocenters. The predicted molar refractivity (Wildman–Crippen MR) is 77.5 cm³/mol. The van der Waals surface area contributed by atoms with Crippen LogP contribution in [0.2, 0.25) is 0 Å². The molecule has 0 aliphatic heterocycles. The molecule has 0 aliphatic rings. The van der Waals surface area contributed by atoms with Gasteiger partial charge in [-0.15, -0.1) is 22.9 Å². The van der Waals surface area contributed by atoms with Gasteiger partial charge in [-0.3, -0.25) is 0 Å². The number of hydrogen-bond donors (Lipinski definition) is 1. The van der Waals surface area contributed by atoms with Crippen molar-refractivity contribution in [1.82, 2.24) is 5.32 Å². The van der Waals surface area contributed by atoms with Crippen molar-refractivity contribution >= 4 is 38.9 Å². The number of halogens is 2. The first-order chi connectivity index (χ1) is 7.77. The van der Waals surface area contributed by atoms with Crippen molar-refractivity contribution in [3.8, 4) is 0 Å². The van der Waals surface area contributed by atoms with Gasteiger partial charge in [0.1, 0.15) is 0 Å². The second-order valence-electron chi connectivity index (χ2n) is 3.95. The molecule has 0 saturated heterocycles. The lowest BCUT2D eigenvalue weighted by molar-refractivity contribution is 0.431. The van der Waals surface area contributed by atoms with Crippen LogP contribution in [0.5, 0.6) is 0 Å². The quantitative estimate of drug-likeness (QED) is 0.687. The van der Waals surface area contributed by atoms with Gasteiger partial charge in [-0.25, -0.2) is 0 Å². The van der Waals surface area contributed by atoms with Crippen molar-refractivity contribution in [2.45, 2.75) is 32.7 Å². The number of hydrogen-bond acceptors (Lipinski definition) is 2. The van der Waals surface area contributed by atoms with Gasteiger partial charge in [0.05, 0.1) is 0 Å². The summed E-state index contributed by atoms with van der Waals surface area (Å²) in [5.74, 6) is 1.50. The van der Waals surface area contributed by atoms with Gasteiger partial charge in [0.25, 0.3) is 0 Å². The summed E-state index contributed by atoms with van der Waals surface area (Å²) in [5.41, 5.74) is 0. The summed E-state index contributed by atoms with van der Waals surface area (Å²) in [5, 5.41) is 5.63. The van der Waals surface area contributed by atoms with E-state index in [2.05, 4.69) is 39.6 Å². The molecule has 0 bridgehead atoms. The third-order valence-electron chi connectivity index (χ3n) is 2.62. The molecule has 0 fully saturated rings. The van der Waals surface area contributed by atoms with Crippen LogP contribution in [0.4, 0.5) is 0 Å². The molecule has 0 amide bonds. The first-order valence-corrected chi connectivity index (χ1v) is 7.97. The van der Waals surface area contributed by atoms with Crippen molar-refractivity contribution in [2.24, 2.45) is 5.92 Å². The zero-order valence-electron chi connectivity index (χ0n) is 9.64. The Morgan fingerprint density at radius 2 is 2.31 bits per heavy atom. The summed E-state index contributed by atoms with van der Waals surface area (Å²) in [6.45, 7) is 4.27. The first-order valence-electron chi connectivity index (χ1n) is 5.76. The van der Waals surface area contributed by atoms with Gasteiger partial charge in [0.2, 0.25) is 0 Å². The van der Waals surface area contributed by atoms with Crippen LogP contribution in [0.1, 0.15) is 31.1 Å². The Labute approximate surface area is 116 Å². The molecule has 0 aromatic carbocycles. The Morgan fingerprint density at radius 1 is 1.50 bits per heavy atom. The summed E-state index contributed by atoms with van der Waals surface area (Å²) >= 11 is 11.1. The van der Waals surface area contributed by atoms with E-state index in [4.69, 9.17) is 11.6 Å². The highest BCUT2D eigenvalue weighted by Gasteiger charge is 2.07. The maximum Gasteiger partial charge on any atom is 0.0327 e. The van der Waals surface area contributed by atoms with Crippen LogP contribution in [0.3, 0.4) is 0 Å². The third kappa shape index (κ3) is 5.17. The smallest absolute Gasteiger partial charge is 0.0327 e. The molecule has 1 nitrogen and oxygen atoms in total. The molecule has 1 aromatic rings. The molecule has 1 N–H and O–H groups in total. The monoisotopic (exact) mass is 323 g/mol. The summed E-state index contributed by atoms with van der Waals surface area (Å²) in [4.78, 5) is 1.38. The van der Waals surface area contributed by atoms with Gasteiger partial charge in [0.15, 0.2) is 0 Å². The zero-order chi connectivity index (χ0) is 11.8. The highest BCUT2D eigenvalue weighted by molar-refractivity contribution is 9.10. The van der Waals surface area contributed by atoms with E-state index in [1.807, 2.05) is 0 Å². The maximum absolute atomic E-state index is 5.80. The van der Waals surface area contributed by atoms with E-state index >= 15 is 0 Å². The van der Waals surface area contributed by atoms with Crippen molar-refractivity contribution < 1.29 is 0 Å². The Balaban J connectivity index is 2.24. The topological polar surface area (TPSA) is 12.0 Å². The van der Waals surface area contributed by atoms with Crippen LogP contribution >= 0.6 is 38.9 Å². The fraction of sp³-hybridized carbons (Fsp3) is 0.667. The fourth-order valence-corrected chi connectivity index (χ4v) is 3.52. The second kappa shape index (κ2) is 8.51. The van der Waals surface area contributed by atoms with Crippen molar-refractivity contribution in [2.75, 3.05) is 12.4 Å². The van der Waals surface area contributed by atoms with E-state index in [1.165, 1.54) is 22.2 Å². The Bertz CT molecular complexity index is 284. The van der Waals surface area contributed by atoms with Gasteiger partial charge in [0, 0.05) is 21.8 Å². The third-order valence-corrected chi connectivity index (χ3v) is 4.77. The molecular formula is C12H19BrClNS. The van der Waals surface area contributed by atoms with E-state index in [0.29, 0.717) is 0 Å². The lowest BCUT2D eigenvalue weighted by atomic mass is 10.0. The van der Waals surface area contributed by atoms with Gasteiger partial charge < -0.3 is 5.32 Å². The normalized spacial score (nSPS) is 12.9. The lowest BCUT2D eigenvalue weighted by Crippen LogP contribution is -2.22. The minimum absolute atomic E-state index is 0.723. The SMILES string of the molecule is CCCC(CCCl)CNCc1sccc1Br. The molecule has 16 heavy (non-hydrogen) atoms. The average Bonchev–Trinajstić information content (AvgIpc) is 2.65. The Morgan fingerprint density at radius 3 is 2.88 bits per heavy atom. The highest BCUT2D eigenvalue weighted by atomic mass is 79.9. The highest BCUT2D eigenvalue weighted by Crippen LogP contribution is 2.22. The standard InChI is InChI=1S/C12H19BrClNS/c1-2-3-10(4-6-14)8-15-9-12-11(13)5-7-16-12/h5,7,10,15H,2-4,6,8-9H2,1H3. The number of thiophene rings is 1. The summed E-state index contributed by atoms with van der Waals surface area (Å²) < 4.78 is 1.22. The minimum Gasteiger partial charge on any atom is -0.312 e. The minimum atomic E-state index is 0.723. The van der Waals surface area contributed by atoms with Gasteiger partial charge in [-0.1, -0.05) is 13.3 Å². The van der Waals surface area contributed by atoms with E-state index < -0.39 is 0 Å². The largest absolute Gasteiger partial charge is 0.312 e. The number of nitrogens with one attached hydrogen (secondary N) is 1. The Kier molecular flexibility index (Phi) is 7.71. The van der Waals surface area contributed by atoms with E-state index in [9.17, 15) is 0 Å². The number of rotatable bonds is 8. The molecule has 92 valence electrons. The van der Waals surface area contributed by atoms with E-state index in [1.54, 1.807) is 11.3 Å². The second-order valence-corrected chi connectivity index (χ2v) is 6.19. The predicted octanol–water partition coefficient (Wildman–Crippen LogP) is 4.65. The molecule has 1 aromatic heterocycles. The van der Waals surface area contributed by atoms with Crippen LogP contribution in [0.25, 0.3) is 0 Å². The van der Waals surface area contributed by atoms with Crippen molar-refractivity contribution in [3.05, 3.63) is 20.8 Å². The fourth-order valence-electron chi connectivity index (χ4n) is 1.75. The summed E-state index contributed by atoms with van der Waals surface area (Å²) in [6.07, 6.45) is 3.63. The molecule has 1 rings (SSSR count). The van der Waals surface area contributed by atoms with Crippen molar-refractivity contribution in [1.29, 1.82) is 0 Å². The summed E-state index contributed by atoms with van der Waals surface area (Å²) in [7, 11) is 0. The lowest BCUT2D eigenvalue weighted by Gasteiger charge is -2.15. The van der Waals surface area contributed by atoms with Crippen LogP contribution in [0.15, 0.2) is 15.9 Å². The van der Waals surface area contributed by atoms with Crippen LogP contribution < -0.4 is 5.32 Å². The molecule has 1 heterocycles. The van der Waals surface area contributed by atoms with Gasteiger partial charge in [-0.2, -0.15) is 0 Å². The van der Waals surface area contributed by atoms with Crippen LogP contribution in [-0.4, -0.2) is 12.4 Å². The van der Waals surface area contributed by atoms with E-state index in [-0.39, 0.29) is 0 Å². The number of alkyl halides is 1. The zero-order valence-corrected chi connectivity index (χ0v) is 12.8. The average molecular weight is 325 g/mol. The summed E-state index contributed by atoms with van der Waals surface area (Å²) in [6, 6.07) is 2.10. The molecule has 0 saturated carbocycles. The molecule has 4 heteroatoms. The van der Waals surface area contributed by atoms with Crippen molar-refractivity contribution in [3.63, 3.8) is 0 Å². The van der Waals surface area contributed by atoms with Crippen LogP contribution in [-0.2, 0) is 6.54 Å².